The molecule has 86 valence electrons. The van der Waals surface area contributed by atoms with Gasteiger partial charge in [0.25, 0.3) is 0 Å². The van der Waals surface area contributed by atoms with Crippen LogP contribution in [0.5, 0.6) is 0 Å². The SMILES string of the molecule is COC(=O)c1cncnc1Sc1ccccc1. The van der Waals surface area contributed by atoms with Gasteiger partial charge in [-0.05, 0) is 12.1 Å². The Labute approximate surface area is 103 Å². The summed E-state index contributed by atoms with van der Waals surface area (Å²) in [6.07, 6.45) is 2.88. The first-order valence-electron chi connectivity index (χ1n) is 4.92. The van der Waals surface area contributed by atoms with Crippen molar-refractivity contribution in [2.45, 2.75) is 9.92 Å². The summed E-state index contributed by atoms with van der Waals surface area (Å²) in [4.78, 5) is 20.4. The van der Waals surface area contributed by atoms with E-state index in [0.717, 1.165) is 4.90 Å². The Hall–Kier alpha value is -1.88. The molecular formula is C12H10N2O2S. The molecule has 0 fully saturated rings. The molecule has 0 saturated heterocycles. The molecule has 0 aliphatic heterocycles. The molecule has 2 aromatic rings. The smallest absolute Gasteiger partial charge is 0.342 e. The van der Waals surface area contributed by atoms with Crippen LogP contribution in [0.3, 0.4) is 0 Å². The van der Waals surface area contributed by atoms with Crippen molar-refractivity contribution < 1.29 is 9.53 Å². The summed E-state index contributed by atoms with van der Waals surface area (Å²) in [6, 6.07) is 9.70. The van der Waals surface area contributed by atoms with Crippen molar-refractivity contribution >= 4 is 17.7 Å². The van der Waals surface area contributed by atoms with Crippen LogP contribution in [0.15, 0.2) is 52.8 Å². The number of esters is 1. The lowest BCUT2D eigenvalue weighted by Crippen LogP contribution is -2.05. The minimum atomic E-state index is -0.427. The second kappa shape index (κ2) is 5.45. The van der Waals surface area contributed by atoms with Gasteiger partial charge in [0.2, 0.25) is 0 Å². The topological polar surface area (TPSA) is 52.1 Å². The van der Waals surface area contributed by atoms with E-state index in [1.165, 1.54) is 31.4 Å². The summed E-state index contributed by atoms with van der Waals surface area (Å²) in [5, 5.41) is 0.595. The summed E-state index contributed by atoms with van der Waals surface area (Å²) in [5.41, 5.74) is 0.379. The van der Waals surface area contributed by atoms with E-state index < -0.39 is 5.97 Å². The maximum absolute atomic E-state index is 11.5. The third-order valence-electron chi connectivity index (χ3n) is 2.04. The van der Waals surface area contributed by atoms with E-state index in [1.807, 2.05) is 30.3 Å². The lowest BCUT2D eigenvalue weighted by Gasteiger charge is -2.05. The van der Waals surface area contributed by atoms with Crippen LogP contribution in [0, 0.1) is 0 Å². The average molecular weight is 246 g/mol. The van der Waals surface area contributed by atoms with Crippen LogP contribution in [-0.2, 0) is 4.74 Å². The van der Waals surface area contributed by atoms with Crippen LogP contribution in [-0.4, -0.2) is 23.0 Å². The zero-order valence-corrected chi connectivity index (χ0v) is 9.98. The van der Waals surface area contributed by atoms with E-state index in [1.54, 1.807) is 0 Å². The van der Waals surface area contributed by atoms with E-state index in [4.69, 9.17) is 0 Å². The van der Waals surface area contributed by atoms with Gasteiger partial charge in [0, 0.05) is 11.1 Å². The molecule has 0 unspecified atom stereocenters. The number of ether oxygens (including phenoxy) is 1. The first-order chi connectivity index (χ1) is 8.31. The largest absolute Gasteiger partial charge is 0.465 e. The fraction of sp³-hybridized carbons (Fsp3) is 0.0833. The second-order valence-electron chi connectivity index (χ2n) is 3.15. The van der Waals surface area contributed by atoms with Gasteiger partial charge in [0.05, 0.1) is 7.11 Å². The molecule has 1 aromatic heterocycles. The second-order valence-corrected chi connectivity index (χ2v) is 4.21. The van der Waals surface area contributed by atoms with Crippen molar-refractivity contribution in [3.05, 3.63) is 48.4 Å². The first kappa shape index (κ1) is 11.6. The lowest BCUT2D eigenvalue weighted by molar-refractivity contribution is 0.0595. The van der Waals surface area contributed by atoms with Gasteiger partial charge in [-0.3, -0.25) is 0 Å². The van der Waals surface area contributed by atoms with Gasteiger partial charge >= 0.3 is 5.97 Å². The normalized spacial score (nSPS) is 9.94. The molecule has 1 aromatic carbocycles. The van der Waals surface area contributed by atoms with Gasteiger partial charge in [-0.15, -0.1) is 0 Å². The minimum Gasteiger partial charge on any atom is -0.465 e. The molecule has 0 aliphatic rings. The Bertz CT molecular complexity index is 517. The Morgan fingerprint density at radius 3 is 2.76 bits per heavy atom. The van der Waals surface area contributed by atoms with E-state index in [9.17, 15) is 4.79 Å². The molecule has 0 saturated carbocycles. The van der Waals surface area contributed by atoms with Crippen molar-refractivity contribution in [1.82, 2.24) is 9.97 Å². The predicted octanol–water partition coefficient (Wildman–Crippen LogP) is 2.41. The molecule has 2 rings (SSSR count). The molecule has 0 amide bonds. The van der Waals surface area contributed by atoms with E-state index in [0.29, 0.717) is 10.6 Å². The third kappa shape index (κ3) is 2.82. The van der Waals surface area contributed by atoms with Crippen LogP contribution in [0.25, 0.3) is 0 Å². The predicted molar refractivity (Wildman–Crippen MR) is 63.9 cm³/mol. The molecular weight excluding hydrogens is 236 g/mol. The van der Waals surface area contributed by atoms with E-state index in [2.05, 4.69) is 14.7 Å². The van der Waals surface area contributed by atoms with Crippen molar-refractivity contribution in [2.24, 2.45) is 0 Å². The maximum atomic E-state index is 11.5. The number of benzene rings is 1. The number of rotatable bonds is 3. The molecule has 17 heavy (non-hydrogen) atoms. The van der Waals surface area contributed by atoms with Crippen LogP contribution < -0.4 is 0 Å². The average Bonchev–Trinajstić information content (AvgIpc) is 2.40. The monoisotopic (exact) mass is 246 g/mol. The zero-order chi connectivity index (χ0) is 12.1. The van der Waals surface area contributed by atoms with Crippen LogP contribution >= 0.6 is 11.8 Å². The summed E-state index contributed by atoms with van der Waals surface area (Å²) < 4.78 is 4.68. The fourth-order valence-corrected chi connectivity index (χ4v) is 2.11. The highest BCUT2D eigenvalue weighted by atomic mass is 32.2. The number of hydrogen-bond acceptors (Lipinski definition) is 5. The number of methoxy groups -OCH3 is 1. The van der Waals surface area contributed by atoms with Crippen molar-refractivity contribution in [3.63, 3.8) is 0 Å². The highest BCUT2D eigenvalue weighted by Gasteiger charge is 2.13. The van der Waals surface area contributed by atoms with Crippen molar-refractivity contribution in [2.75, 3.05) is 7.11 Å². The van der Waals surface area contributed by atoms with Crippen molar-refractivity contribution in [1.29, 1.82) is 0 Å². The highest BCUT2D eigenvalue weighted by molar-refractivity contribution is 7.99. The minimum absolute atomic E-state index is 0.379. The Morgan fingerprint density at radius 2 is 2.06 bits per heavy atom. The summed E-state index contributed by atoms with van der Waals surface area (Å²) in [6.45, 7) is 0. The zero-order valence-electron chi connectivity index (χ0n) is 9.16. The standard InChI is InChI=1S/C12H10N2O2S/c1-16-12(15)10-7-13-8-14-11(10)17-9-5-3-2-4-6-9/h2-8H,1H3. The lowest BCUT2D eigenvalue weighted by atomic mass is 10.3. The molecule has 1 heterocycles. The molecule has 0 atom stereocenters. The van der Waals surface area contributed by atoms with Gasteiger partial charge in [-0.2, -0.15) is 0 Å². The van der Waals surface area contributed by atoms with E-state index in [-0.39, 0.29) is 0 Å². The maximum Gasteiger partial charge on any atom is 0.342 e. The molecule has 0 bridgehead atoms. The van der Waals surface area contributed by atoms with Crippen LogP contribution in [0.1, 0.15) is 10.4 Å². The molecule has 0 spiro atoms. The van der Waals surface area contributed by atoms with Gasteiger partial charge < -0.3 is 4.74 Å². The Balaban J connectivity index is 2.30. The quantitative estimate of drug-likeness (QED) is 0.615. The third-order valence-corrected chi connectivity index (χ3v) is 3.07. The summed E-state index contributed by atoms with van der Waals surface area (Å²) in [5.74, 6) is -0.427. The van der Waals surface area contributed by atoms with Gasteiger partial charge in [-0.1, -0.05) is 30.0 Å². The molecule has 0 radical (unpaired) electrons. The van der Waals surface area contributed by atoms with Gasteiger partial charge in [0.15, 0.2) is 0 Å². The van der Waals surface area contributed by atoms with E-state index >= 15 is 0 Å². The first-order valence-corrected chi connectivity index (χ1v) is 5.74. The molecule has 5 heteroatoms. The Kier molecular flexibility index (Phi) is 3.72. The highest BCUT2D eigenvalue weighted by Crippen LogP contribution is 2.27. The van der Waals surface area contributed by atoms with Crippen molar-refractivity contribution in [3.8, 4) is 0 Å². The summed E-state index contributed by atoms with van der Waals surface area (Å²) >= 11 is 1.41. The van der Waals surface area contributed by atoms with Crippen LogP contribution in [0.4, 0.5) is 0 Å². The fourth-order valence-electron chi connectivity index (χ4n) is 1.25. The molecule has 0 N–H and O–H groups in total. The number of carbonyl (C=O) groups excluding carboxylic acids is 1. The Morgan fingerprint density at radius 1 is 1.29 bits per heavy atom. The number of hydrogen-bond donors (Lipinski definition) is 0. The van der Waals surface area contributed by atoms with Gasteiger partial charge in [-0.25, -0.2) is 14.8 Å². The number of carbonyl (C=O) groups is 1. The number of aromatic nitrogens is 2. The molecule has 4 nitrogen and oxygen atoms in total. The molecule has 0 aliphatic carbocycles. The summed E-state index contributed by atoms with van der Waals surface area (Å²) in [7, 11) is 1.34. The number of nitrogens with zero attached hydrogens (tertiary/aromatic N) is 2. The van der Waals surface area contributed by atoms with Crippen LogP contribution in [0.2, 0.25) is 0 Å². The van der Waals surface area contributed by atoms with Gasteiger partial charge in [0.1, 0.15) is 16.9 Å².